The molecule has 5 nitrogen and oxygen atoms in total. The molecule has 1 saturated heterocycles. The van der Waals surface area contributed by atoms with E-state index in [2.05, 4.69) is 5.32 Å². The fourth-order valence-corrected chi connectivity index (χ4v) is 2.63. The third-order valence-electron chi connectivity index (χ3n) is 3.93. The van der Waals surface area contributed by atoms with E-state index in [1.54, 1.807) is 6.07 Å². The van der Waals surface area contributed by atoms with Gasteiger partial charge in [-0.05, 0) is 50.5 Å². The molecule has 1 N–H and O–H groups in total. The van der Waals surface area contributed by atoms with Crippen molar-refractivity contribution in [2.24, 2.45) is 0 Å². The molecule has 0 saturated carbocycles. The molecule has 0 aromatic heterocycles. The van der Waals surface area contributed by atoms with Crippen molar-refractivity contribution in [2.75, 3.05) is 19.8 Å². The standard InChI is InChI=1S/C18H25NO4/c1-3-22-17-8-6-14(11-13(17)2)16(20)7-9-18(21)19-12-15-5-4-10-23-15/h6,8,11,15H,3-5,7,9-10,12H2,1-2H3,(H,19,21)/t15-/m1/s1. The molecule has 1 fully saturated rings. The van der Waals surface area contributed by atoms with E-state index < -0.39 is 0 Å². The molecule has 0 spiro atoms. The first-order chi connectivity index (χ1) is 11.1. The molecule has 1 heterocycles. The zero-order valence-electron chi connectivity index (χ0n) is 13.9. The average Bonchev–Trinajstić information content (AvgIpc) is 3.06. The highest BCUT2D eigenvalue weighted by atomic mass is 16.5. The number of hydrogen-bond acceptors (Lipinski definition) is 4. The highest BCUT2D eigenvalue weighted by molar-refractivity contribution is 5.98. The topological polar surface area (TPSA) is 64.6 Å². The van der Waals surface area contributed by atoms with Gasteiger partial charge in [0.2, 0.25) is 5.91 Å². The van der Waals surface area contributed by atoms with Gasteiger partial charge in [-0.15, -0.1) is 0 Å². The molecule has 1 aromatic carbocycles. The third kappa shape index (κ3) is 5.36. The van der Waals surface area contributed by atoms with Gasteiger partial charge in [0, 0.05) is 31.6 Å². The van der Waals surface area contributed by atoms with Crippen LogP contribution in [0.4, 0.5) is 0 Å². The number of ketones is 1. The van der Waals surface area contributed by atoms with Gasteiger partial charge in [-0.1, -0.05) is 0 Å². The van der Waals surface area contributed by atoms with Crippen molar-refractivity contribution in [2.45, 2.75) is 45.6 Å². The number of Topliss-reactive ketones (excluding diaryl/α,β-unsaturated/α-hetero) is 1. The van der Waals surface area contributed by atoms with Crippen LogP contribution in [0, 0.1) is 6.92 Å². The van der Waals surface area contributed by atoms with E-state index in [9.17, 15) is 9.59 Å². The summed E-state index contributed by atoms with van der Waals surface area (Å²) in [6, 6.07) is 5.38. The lowest BCUT2D eigenvalue weighted by molar-refractivity contribution is -0.121. The molecule has 1 amide bonds. The predicted octanol–water partition coefficient (Wildman–Crippen LogP) is 2.65. The zero-order chi connectivity index (χ0) is 16.7. The maximum atomic E-state index is 12.2. The number of benzene rings is 1. The normalized spacial score (nSPS) is 17.0. The predicted molar refractivity (Wildman–Crippen MR) is 87.9 cm³/mol. The fraction of sp³-hybridized carbons (Fsp3) is 0.556. The van der Waals surface area contributed by atoms with E-state index in [1.807, 2.05) is 26.0 Å². The first-order valence-electron chi connectivity index (χ1n) is 8.25. The lowest BCUT2D eigenvalue weighted by Gasteiger charge is -2.11. The molecule has 1 aromatic rings. The van der Waals surface area contributed by atoms with Crippen LogP contribution < -0.4 is 10.1 Å². The van der Waals surface area contributed by atoms with E-state index in [1.165, 1.54) is 0 Å². The van der Waals surface area contributed by atoms with Crippen molar-refractivity contribution in [3.8, 4) is 5.75 Å². The van der Waals surface area contributed by atoms with Gasteiger partial charge in [-0.2, -0.15) is 0 Å². The van der Waals surface area contributed by atoms with Gasteiger partial charge in [0.05, 0.1) is 12.7 Å². The summed E-state index contributed by atoms with van der Waals surface area (Å²) in [5, 5.41) is 2.83. The Morgan fingerprint density at radius 1 is 1.35 bits per heavy atom. The number of aryl methyl sites for hydroxylation is 1. The summed E-state index contributed by atoms with van der Waals surface area (Å²) >= 11 is 0. The summed E-state index contributed by atoms with van der Waals surface area (Å²) in [7, 11) is 0. The Hall–Kier alpha value is -1.88. The molecule has 1 aliphatic rings. The number of ether oxygens (including phenoxy) is 2. The number of carbonyl (C=O) groups excluding carboxylic acids is 2. The summed E-state index contributed by atoms with van der Waals surface area (Å²) in [6.07, 6.45) is 2.59. The maximum absolute atomic E-state index is 12.2. The minimum absolute atomic E-state index is 0.0246. The molecule has 1 aliphatic heterocycles. The molecule has 2 rings (SSSR count). The van der Waals surface area contributed by atoms with Crippen molar-refractivity contribution < 1.29 is 19.1 Å². The van der Waals surface area contributed by atoms with Gasteiger partial charge in [0.1, 0.15) is 5.75 Å². The number of carbonyl (C=O) groups is 2. The largest absolute Gasteiger partial charge is 0.494 e. The Bertz CT molecular complexity index is 550. The van der Waals surface area contributed by atoms with Crippen LogP contribution in [0.1, 0.15) is 48.5 Å². The van der Waals surface area contributed by atoms with Gasteiger partial charge >= 0.3 is 0 Å². The molecule has 0 unspecified atom stereocenters. The van der Waals surface area contributed by atoms with E-state index in [4.69, 9.17) is 9.47 Å². The smallest absolute Gasteiger partial charge is 0.220 e. The van der Waals surface area contributed by atoms with Crippen molar-refractivity contribution in [3.63, 3.8) is 0 Å². The van der Waals surface area contributed by atoms with Gasteiger partial charge < -0.3 is 14.8 Å². The lowest BCUT2D eigenvalue weighted by Crippen LogP contribution is -2.31. The molecular formula is C18H25NO4. The molecule has 0 radical (unpaired) electrons. The monoisotopic (exact) mass is 319 g/mol. The van der Waals surface area contributed by atoms with Crippen LogP contribution in [0.15, 0.2) is 18.2 Å². The molecular weight excluding hydrogens is 294 g/mol. The van der Waals surface area contributed by atoms with E-state index in [0.717, 1.165) is 30.8 Å². The number of nitrogens with one attached hydrogen (secondary N) is 1. The van der Waals surface area contributed by atoms with Crippen molar-refractivity contribution in [3.05, 3.63) is 29.3 Å². The highest BCUT2D eigenvalue weighted by Gasteiger charge is 2.16. The van der Waals surface area contributed by atoms with Crippen LogP contribution in [0.5, 0.6) is 5.75 Å². The first-order valence-corrected chi connectivity index (χ1v) is 8.25. The second-order valence-corrected chi connectivity index (χ2v) is 5.78. The Kier molecular flexibility index (Phi) is 6.59. The first kappa shape index (κ1) is 17.5. The molecule has 1 atom stereocenters. The van der Waals surface area contributed by atoms with E-state index >= 15 is 0 Å². The van der Waals surface area contributed by atoms with Gasteiger partial charge in [0.25, 0.3) is 0 Å². The minimum atomic E-state index is -0.100. The number of rotatable bonds is 8. The van der Waals surface area contributed by atoms with Gasteiger partial charge in [0.15, 0.2) is 5.78 Å². The van der Waals surface area contributed by atoms with Crippen molar-refractivity contribution in [1.82, 2.24) is 5.32 Å². The van der Waals surface area contributed by atoms with Crippen LogP contribution in [0.25, 0.3) is 0 Å². The summed E-state index contributed by atoms with van der Waals surface area (Å²) in [5.74, 6) is 0.665. The minimum Gasteiger partial charge on any atom is -0.494 e. The third-order valence-corrected chi connectivity index (χ3v) is 3.93. The van der Waals surface area contributed by atoms with Crippen LogP contribution >= 0.6 is 0 Å². The molecule has 23 heavy (non-hydrogen) atoms. The molecule has 5 heteroatoms. The average molecular weight is 319 g/mol. The fourth-order valence-electron chi connectivity index (χ4n) is 2.63. The Balaban J connectivity index is 1.77. The van der Waals surface area contributed by atoms with E-state index in [-0.39, 0.29) is 30.6 Å². The second kappa shape index (κ2) is 8.67. The van der Waals surface area contributed by atoms with E-state index in [0.29, 0.717) is 18.7 Å². The summed E-state index contributed by atoms with van der Waals surface area (Å²) in [6.45, 7) is 5.74. The SMILES string of the molecule is CCOc1ccc(C(=O)CCC(=O)NC[C@H]2CCCO2)cc1C. The zero-order valence-corrected chi connectivity index (χ0v) is 13.9. The summed E-state index contributed by atoms with van der Waals surface area (Å²) < 4.78 is 10.9. The Labute approximate surface area is 137 Å². The van der Waals surface area contributed by atoms with Gasteiger partial charge in [-0.25, -0.2) is 0 Å². The summed E-state index contributed by atoms with van der Waals surface area (Å²) in [5.41, 5.74) is 1.55. The quantitative estimate of drug-likeness (QED) is 0.748. The Morgan fingerprint density at radius 2 is 2.17 bits per heavy atom. The van der Waals surface area contributed by atoms with Crippen molar-refractivity contribution >= 4 is 11.7 Å². The van der Waals surface area contributed by atoms with Crippen LogP contribution in [-0.2, 0) is 9.53 Å². The number of amides is 1. The van der Waals surface area contributed by atoms with Crippen LogP contribution in [0.2, 0.25) is 0 Å². The molecule has 0 bridgehead atoms. The van der Waals surface area contributed by atoms with Crippen LogP contribution in [0.3, 0.4) is 0 Å². The van der Waals surface area contributed by atoms with Crippen molar-refractivity contribution in [1.29, 1.82) is 0 Å². The second-order valence-electron chi connectivity index (χ2n) is 5.78. The number of hydrogen-bond donors (Lipinski definition) is 1. The lowest BCUT2D eigenvalue weighted by atomic mass is 10.0. The maximum Gasteiger partial charge on any atom is 0.220 e. The highest BCUT2D eigenvalue weighted by Crippen LogP contribution is 2.20. The Morgan fingerprint density at radius 3 is 2.83 bits per heavy atom. The molecule has 0 aliphatic carbocycles. The molecule has 126 valence electrons. The summed E-state index contributed by atoms with van der Waals surface area (Å²) in [4.78, 5) is 24.0. The van der Waals surface area contributed by atoms with Crippen LogP contribution in [-0.4, -0.2) is 37.6 Å². The van der Waals surface area contributed by atoms with Gasteiger partial charge in [-0.3, -0.25) is 9.59 Å².